The molecule has 0 radical (unpaired) electrons. The van der Waals surface area contributed by atoms with E-state index in [1.807, 2.05) is 6.08 Å². The van der Waals surface area contributed by atoms with Crippen LogP contribution in [0, 0.1) is 0 Å². The molecule has 2 atom stereocenters. The van der Waals surface area contributed by atoms with Gasteiger partial charge < -0.3 is 15.5 Å². The van der Waals surface area contributed by atoms with Crippen molar-refractivity contribution < 1.29 is 15.0 Å². The lowest BCUT2D eigenvalue weighted by molar-refractivity contribution is -0.123. The lowest BCUT2D eigenvalue weighted by Gasteiger charge is -2.19. The lowest BCUT2D eigenvalue weighted by Crippen LogP contribution is -2.45. The largest absolute Gasteiger partial charge is 0.394 e. The van der Waals surface area contributed by atoms with E-state index in [-0.39, 0.29) is 12.5 Å². The summed E-state index contributed by atoms with van der Waals surface area (Å²) in [5, 5.41) is 23.0. The predicted molar refractivity (Wildman–Crippen MR) is 262 cm³/mol. The quantitative estimate of drug-likeness (QED) is 0.0425. The van der Waals surface area contributed by atoms with Crippen LogP contribution in [0.4, 0.5) is 0 Å². The Morgan fingerprint density at radius 3 is 1.19 bits per heavy atom. The van der Waals surface area contributed by atoms with Crippen molar-refractivity contribution in [1.29, 1.82) is 0 Å². The van der Waals surface area contributed by atoms with Gasteiger partial charge in [-0.25, -0.2) is 0 Å². The number of aliphatic hydroxyl groups excluding tert-OH is 2. The van der Waals surface area contributed by atoms with Crippen LogP contribution in [0.3, 0.4) is 0 Å². The van der Waals surface area contributed by atoms with Crippen LogP contribution >= 0.6 is 0 Å². The van der Waals surface area contributed by atoms with E-state index in [1.165, 1.54) is 83.5 Å². The number of allylic oxidation sites excluding steroid dienone is 19. The second-order valence-corrected chi connectivity index (χ2v) is 15.8. The molecule has 59 heavy (non-hydrogen) atoms. The van der Waals surface area contributed by atoms with E-state index >= 15 is 0 Å². The molecule has 334 valence electrons. The van der Waals surface area contributed by atoms with E-state index in [9.17, 15) is 15.0 Å². The molecule has 3 N–H and O–H groups in total. The maximum absolute atomic E-state index is 12.4. The SMILES string of the molecule is CC/C=C\C/C=C\C/C=C\C/C=C\C/C=C\C/C=C\C/C=C\C/C=C\CCCCCCCCCCC(=O)NC(CO)C(O)/C=C/CC/C=C/CCCCCCCCCC. The third-order valence-corrected chi connectivity index (χ3v) is 10.2. The number of carbonyl (C=O) groups is 1. The summed E-state index contributed by atoms with van der Waals surface area (Å²) in [7, 11) is 0. The fourth-order valence-corrected chi connectivity index (χ4v) is 6.50. The number of nitrogens with one attached hydrogen (secondary N) is 1. The Labute approximate surface area is 365 Å². The van der Waals surface area contributed by atoms with Gasteiger partial charge in [-0.15, -0.1) is 0 Å². The minimum absolute atomic E-state index is 0.0891. The van der Waals surface area contributed by atoms with Crippen LogP contribution in [0.5, 0.6) is 0 Å². The zero-order chi connectivity index (χ0) is 42.8. The second-order valence-electron chi connectivity index (χ2n) is 15.8. The molecule has 0 saturated heterocycles. The Bertz CT molecular complexity index is 1200. The third kappa shape index (κ3) is 45.7. The van der Waals surface area contributed by atoms with E-state index in [0.717, 1.165) is 96.3 Å². The van der Waals surface area contributed by atoms with E-state index in [2.05, 4.69) is 129 Å². The highest BCUT2D eigenvalue weighted by Gasteiger charge is 2.17. The van der Waals surface area contributed by atoms with Gasteiger partial charge in [-0.3, -0.25) is 4.79 Å². The molecule has 0 fully saturated rings. The molecule has 4 heteroatoms. The highest BCUT2D eigenvalue weighted by Crippen LogP contribution is 2.12. The standard InChI is InChI=1S/C55H91NO3/c1-3-5-7-9-11-13-15-17-19-20-21-22-23-24-25-26-27-28-29-30-31-32-33-34-35-36-37-39-41-43-45-47-49-51-55(59)56-53(52-57)54(58)50-48-46-44-42-40-38-18-16-14-12-10-8-6-4-2/h5,7,11,13,17,19,21-22,24-25,27-28,30-31,33-34,40,42,48,50,53-54,57-58H,3-4,6,8-10,12,14-16,18,20,23,26,29,32,35-39,41,43-47,49,51-52H2,1-2H3,(H,56,59)/b7-5-,13-11-,19-17-,22-21-,25-24-,28-27-,31-30-,34-33-,42-40+,50-48+. The molecule has 0 saturated carbocycles. The summed E-state index contributed by atoms with van der Waals surface area (Å²) in [4.78, 5) is 12.4. The number of amides is 1. The number of hydrogen-bond acceptors (Lipinski definition) is 3. The predicted octanol–water partition coefficient (Wildman–Crippen LogP) is 15.7. The zero-order valence-corrected chi connectivity index (χ0v) is 38.2. The summed E-state index contributed by atoms with van der Waals surface area (Å²) in [6, 6.07) is -0.651. The van der Waals surface area contributed by atoms with Gasteiger partial charge in [0.25, 0.3) is 0 Å². The van der Waals surface area contributed by atoms with Gasteiger partial charge in [0.15, 0.2) is 0 Å². The van der Waals surface area contributed by atoms with Crippen LogP contribution in [0.25, 0.3) is 0 Å². The van der Waals surface area contributed by atoms with Crippen molar-refractivity contribution in [3.05, 3.63) is 122 Å². The molecule has 1 amide bonds. The van der Waals surface area contributed by atoms with Gasteiger partial charge in [-0.1, -0.05) is 219 Å². The molecule has 0 aliphatic carbocycles. The fourth-order valence-electron chi connectivity index (χ4n) is 6.50. The molecule has 0 heterocycles. The van der Waals surface area contributed by atoms with Gasteiger partial charge in [0.1, 0.15) is 0 Å². The van der Waals surface area contributed by atoms with Crippen molar-refractivity contribution in [3.63, 3.8) is 0 Å². The average Bonchev–Trinajstić information content (AvgIpc) is 3.24. The Balaban J connectivity index is 3.67. The molecular weight excluding hydrogens is 723 g/mol. The van der Waals surface area contributed by atoms with E-state index in [0.29, 0.717) is 6.42 Å². The van der Waals surface area contributed by atoms with Crippen LogP contribution in [0.1, 0.15) is 200 Å². The highest BCUT2D eigenvalue weighted by molar-refractivity contribution is 5.76. The minimum Gasteiger partial charge on any atom is -0.394 e. The summed E-state index contributed by atoms with van der Waals surface area (Å²) in [5.41, 5.74) is 0. The summed E-state index contributed by atoms with van der Waals surface area (Å²) >= 11 is 0. The van der Waals surface area contributed by atoms with E-state index in [4.69, 9.17) is 0 Å². The maximum atomic E-state index is 12.4. The molecule has 0 bridgehead atoms. The molecular formula is C55H91NO3. The van der Waals surface area contributed by atoms with Crippen molar-refractivity contribution >= 4 is 5.91 Å². The van der Waals surface area contributed by atoms with Gasteiger partial charge in [-0.05, 0) is 96.3 Å². The summed E-state index contributed by atoms with van der Waals surface area (Å²) in [6.07, 6.45) is 76.0. The van der Waals surface area contributed by atoms with Crippen molar-refractivity contribution in [2.45, 2.75) is 212 Å². The van der Waals surface area contributed by atoms with Gasteiger partial charge in [0.05, 0.1) is 18.8 Å². The molecule has 4 nitrogen and oxygen atoms in total. The van der Waals surface area contributed by atoms with Crippen molar-refractivity contribution in [2.24, 2.45) is 0 Å². The molecule has 0 aliphatic heterocycles. The van der Waals surface area contributed by atoms with Gasteiger partial charge in [-0.2, -0.15) is 0 Å². The Morgan fingerprint density at radius 2 is 0.763 bits per heavy atom. The first-order chi connectivity index (χ1) is 29.2. The number of hydrogen-bond donors (Lipinski definition) is 3. The maximum Gasteiger partial charge on any atom is 0.220 e. The lowest BCUT2D eigenvalue weighted by atomic mass is 10.1. The number of rotatable bonds is 42. The number of aliphatic hydroxyl groups is 2. The topological polar surface area (TPSA) is 69.6 Å². The third-order valence-electron chi connectivity index (χ3n) is 10.2. The minimum atomic E-state index is -0.873. The van der Waals surface area contributed by atoms with Crippen molar-refractivity contribution in [1.82, 2.24) is 5.32 Å². The number of unbranched alkanes of at least 4 members (excludes halogenated alkanes) is 17. The molecule has 0 rings (SSSR count). The monoisotopic (exact) mass is 814 g/mol. The molecule has 0 aromatic carbocycles. The summed E-state index contributed by atoms with van der Waals surface area (Å²) in [5.74, 6) is -0.0891. The van der Waals surface area contributed by atoms with Gasteiger partial charge in [0.2, 0.25) is 5.91 Å². The normalized spacial score (nSPS) is 14.0. The number of carbonyl (C=O) groups excluding carboxylic acids is 1. The second kappa shape index (κ2) is 49.2. The van der Waals surface area contributed by atoms with Gasteiger partial charge >= 0.3 is 0 Å². The van der Waals surface area contributed by atoms with Crippen LogP contribution in [-0.4, -0.2) is 34.9 Å². The Morgan fingerprint density at radius 1 is 0.424 bits per heavy atom. The van der Waals surface area contributed by atoms with Crippen LogP contribution in [0.15, 0.2) is 122 Å². The van der Waals surface area contributed by atoms with E-state index < -0.39 is 12.1 Å². The van der Waals surface area contributed by atoms with Crippen molar-refractivity contribution in [2.75, 3.05) is 6.61 Å². The first-order valence-corrected chi connectivity index (χ1v) is 24.2. The highest BCUT2D eigenvalue weighted by atomic mass is 16.3. The molecule has 0 aromatic rings. The first kappa shape index (κ1) is 55.8. The first-order valence-electron chi connectivity index (χ1n) is 24.2. The van der Waals surface area contributed by atoms with Crippen LogP contribution in [0.2, 0.25) is 0 Å². The fraction of sp³-hybridized carbons (Fsp3) is 0.618. The Hall–Kier alpha value is -3.21. The van der Waals surface area contributed by atoms with E-state index in [1.54, 1.807) is 6.08 Å². The molecule has 2 unspecified atom stereocenters. The molecule has 0 aromatic heterocycles. The summed E-state index contributed by atoms with van der Waals surface area (Å²) < 4.78 is 0. The Kier molecular flexibility index (Phi) is 46.5. The molecule has 0 aliphatic rings. The van der Waals surface area contributed by atoms with Gasteiger partial charge in [0, 0.05) is 6.42 Å². The molecule has 0 spiro atoms. The smallest absolute Gasteiger partial charge is 0.220 e. The average molecular weight is 814 g/mol. The van der Waals surface area contributed by atoms with Crippen LogP contribution < -0.4 is 5.32 Å². The van der Waals surface area contributed by atoms with Crippen LogP contribution in [-0.2, 0) is 4.79 Å². The summed E-state index contributed by atoms with van der Waals surface area (Å²) in [6.45, 7) is 4.16. The zero-order valence-electron chi connectivity index (χ0n) is 38.2. The van der Waals surface area contributed by atoms with Crippen molar-refractivity contribution in [3.8, 4) is 0 Å².